The second-order valence-corrected chi connectivity index (χ2v) is 4.69. The normalized spacial score (nSPS) is 16.4. The lowest BCUT2D eigenvalue weighted by atomic mass is 9.97. The van der Waals surface area contributed by atoms with Crippen LogP contribution >= 0.6 is 0 Å². The van der Waals surface area contributed by atoms with E-state index in [2.05, 4.69) is 4.98 Å². The van der Waals surface area contributed by atoms with Crippen molar-refractivity contribution in [2.24, 2.45) is 5.92 Å². The molecule has 1 saturated heterocycles. The quantitative estimate of drug-likeness (QED) is 0.658. The molecule has 1 aromatic rings. The monoisotopic (exact) mass is 265 g/mol. The average Bonchev–Trinajstić information content (AvgIpc) is 2.39. The molecule has 19 heavy (non-hydrogen) atoms. The Kier molecular flexibility index (Phi) is 3.64. The lowest BCUT2D eigenvalue weighted by Crippen LogP contribution is -2.36. The molecule has 102 valence electrons. The predicted octanol–water partition coefficient (Wildman–Crippen LogP) is 1.60. The number of carbonyl (C=O) groups is 1. The number of hydrogen-bond donors (Lipinski definition) is 1. The van der Waals surface area contributed by atoms with Crippen molar-refractivity contribution in [2.75, 3.05) is 18.0 Å². The number of carboxylic acid groups (broad SMARTS) is 1. The number of carboxylic acids is 1. The lowest BCUT2D eigenvalue weighted by molar-refractivity contribution is -0.385. The summed E-state index contributed by atoms with van der Waals surface area (Å²) in [6, 6.07) is 1.45. The minimum absolute atomic E-state index is 0.0466. The summed E-state index contributed by atoms with van der Waals surface area (Å²) < 4.78 is 0. The molecule has 7 nitrogen and oxygen atoms in total. The van der Waals surface area contributed by atoms with E-state index >= 15 is 0 Å². The molecule has 0 spiro atoms. The Morgan fingerprint density at radius 2 is 2.16 bits per heavy atom. The van der Waals surface area contributed by atoms with Gasteiger partial charge in [0.25, 0.3) is 5.69 Å². The van der Waals surface area contributed by atoms with E-state index in [-0.39, 0.29) is 11.6 Å². The van der Waals surface area contributed by atoms with Gasteiger partial charge in [0, 0.05) is 24.8 Å². The van der Waals surface area contributed by atoms with Crippen LogP contribution in [0.25, 0.3) is 0 Å². The zero-order valence-corrected chi connectivity index (χ0v) is 10.6. The summed E-state index contributed by atoms with van der Waals surface area (Å²) >= 11 is 0. The molecule has 0 bridgehead atoms. The zero-order chi connectivity index (χ0) is 14.0. The lowest BCUT2D eigenvalue weighted by Gasteiger charge is -2.30. The molecule has 1 aromatic heterocycles. The average molecular weight is 265 g/mol. The van der Waals surface area contributed by atoms with Gasteiger partial charge in [-0.3, -0.25) is 14.9 Å². The van der Waals surface area contributed by atoms with Gasteiger partial charge in [-0.1, -0.05) is 0 Å². The number of pyridine rings is 1. The Morgan fingerprint density at radius 1 is 1.53 bits per heavy atom. The highest BCUT2D eigenvalue weighted by molar-refractivity contribution is 5.70. The van der Waals surface area contributed by atoms with Gasteiger partial charge in [-0.25, -0.2) is 4.98 Å². The van der Waals surface area contributed by atoms with Gasteiger partial charge in [-0.05, 0) is 19.8 Å². The summed E-state index contributed by atoms with van der Waals surface area (Å²) in [6.07, 6.45) is 2.56. The Hall–Kier alpha value is -2.18. The molecule has 7 heteroatoms. The molecule has 0 saturated carbocycles. The van der Waals surface area contributed by atoms with Crippen LogP contribution in [0.15, 0.2) is 12.3 Å². The molecule has 1 aliphatic heterocycles. The molecule has 1 N–H and O–H groups in total. The van der Waals surface area contributed by atoms with E-state index in [4.69, 9.17) is 5.11 Å². The molecule has 0 atom stereocenters. The fourth-order valence-electron chi connectivity index (χ4n) is 2.23. The topological polar surface area (TPSA) is 96.6 Å². The van der Waals surface area contributed by atoms with Gasteiger partial charge in [0.1, 0.15) is 5.82 Å². The number of anilines is 1. The molecule has 2 rings (SSSR count). The number of nitrogens with zero attached hydrogens (tertiary/aromatic N) is 3. The first-order chi connectivity index (χ1) is 8.99. The van der Waals surface area contributed by atoms with Gasteiger partial charge < -0.3 is 10.0 Å². The molecular weight excluding hydrogens is 250 g/mol. The van der Waals surface area contributed by atoms with E-state index < -0.39 is 10.9 Å². The summed E-state index contributed by atoms with van der Waals surface area (Å²) in [5, 5.41) is 19.8. The molecule has 2 heterocycles. The SMILES string of the molecule is Cc1cnc(N2CCC(C(=O)O)CC2)cc1[N+](=O)[O-]. The maximum Gasteiger partial charge on any atom is 0.306 e. The van der Waals surface area contributed by atoms with E-state index in [1.54, 1.807) is 6.92 Å². The smallest absolute Gasteiger partial charge is 0.306 e. The van der Waals surface area contributed by atoms with Crippen molar-refractivity contribution in [3.8, 4) is 0 Å². The van der Waals surface area contributed by atoms with Gasteiger partial charge in [0.05, 0.1) is 16.9 Å². The molecule has 0 aliphatic carbocycles. The third-order valence-electron chi connectivity index (χ3n) is 3.43. The second kappa shape index (κ2) is 5.21. The maximum absolute atomic E-state index is 10.9. The Bertz CT molecular complexity index is 510. The van der Waals surface area contributed by atoms with Gasteiger partial charge in [0.2, 0.25) is 0 Å². The van der Waals surface area contributed by atoms with Crippen molar-refractivity contribution in [1.82, 2.24) is 4.98 Å². The Labute approximate surface area is 110 Å². The number of aryl methyl sites for hydroxylation is 1. The number of rotatable bonds is 3. The van der Waals surface area contributed by atoms with E-state index in [0.717, 1.165) is 0 Å². The first-order valence-corrected chi connectivity index (χ1v) is 6.08. The maximum atomic E-state index is 10.9. The molecular formula is C12H15N3O4. The van der Waals surface area contributed by atoms with Crippen molar-refractivity contribution in [3.63, 3.8) is 0 Å². The second-order valence-electron chi connectivity index (χ2n) is 4.69. The molecule has 1 aliphatic rings. The first-order valence-electron chi connectivity index (χ1n) is 6.08. The Morgan fingerprint density at radius 3 is 2.68 bits per heavy atom. The number of piperidine rings is 1. The largest absolute Gasteiger partial charge is 0.481 e. The van der Waals surface area contributed by atoms with Crippen LogP contribution in [0.2, 0.25) is 0 Å². The highest BCUT2D eigenvalue weighted by Crippen LogP contribution is 2.26. The summed E-state index contributed by atoms with van der Waals surface area (Å²) in [6.45, 7) is 2.76. The number of aromatic nitrogens is 1. The van der Waals surface area contributed by atoms with Crippen molar-refractivity contribution in [2.45, 2.75) is 19.8 Å². The van der Waals surface area contributed by atoms with Crippen LogP contribution in [0, 0.1) is 23.0 Å². The van der Waals surface area contributed by atoms with Gasteiger partial charge in [0.15, 0.2) is 0 Å². The number of hydrogen-bond acceptors (Lipinski definition) is 5. The molecule has 0 unspecified atom stereocenters. The van der Waals surface area contributed by atoms with Crippen LogP contribution in [-0.2, 0) is 4.79 Å². The van der Waals surface area contributed by atoms with E-state index in [9.17, 15) is 14.9 Å². The Balaban J connectivity index is 2.14. The molecule has 0 amide bonds. The van der Waals surface area contributed by atoms with E-state index in [1.807, 2.05) is 4.90 Å². The van der Waals surface area contributed by atoms with Crippen molar-refractivity contribution < 1.29 is 14.8 Å². The van der Waals surface area contributed by atoms with Crippen LogP contribution in [0.5, 0.6) is 0 Å². The molecule has 0 radical (unpaired) electrons. The van der Waals surface area contributed by atoms with Crippen molar-refractivity contribution >= 4 is 17.5 Å². The van der Waals surface area contributed by atoms with Gasteiger partial charge >= 0.3 is 5.97 Å². The third-order valence-corrected chi connectivity index (χ3v) is 3.43. The summed E-state index contributed by atoms with van der Waals surface area (Å²) in [5.74, 6) is -0.555. The van der Waals surface area contributed by atoms with Gasteiger partial charge in [-0.15, -0.1) is 0 Å². The first kappa shape index (κ1) is 13.3. The minimum atomic E-state index is -0.775. The van der Waals surface area contributed by atoms with Crippen LogP contribution in [-0.4, -0.2) is 34.1 Å². The van der Waals surface area contributed by atoms with Gasteiger partial charge in [-0.2, -0.15) is 0 Å². The zero-order valence-electron chi connectivity index (χ0n) is 10.6. The van der Waals surface area contributed by atoms with Crippen LogP contribution < -0.4 is 4.90 Å². The minimum Gasteiger partial charge on any atom is -0.481 e. The standard InChI is InChI=1S/C12H15N3O4/c1-8-7-13-11(6-10(8)15(18)19)14-4-2-9(3-5-14)12(16)17/h6-7,9H,2-5H2,1H3,(H,16,17). The van der Waals surface area contributed by atoms with E-state index in [1.165, 1.54) is 12.3 Å². The third kappa shape index (κ3) is 2.81. The summed E-state index contributed by atoms with van der Waals surface area (Å²) in [7, 11) is 0. The molecule has 1 fully saturated rings. The van der Waals surface area contributed by atoms with Crippen molar-refractivity contribution in [1.29, 1.82) is 0 Å². The summed E-state index contributed by atoms with van der Waals surface area (Å²) in [5.41, 5.74) is 0.569. The fourth-order valence-corrected chi connectivity index (χ4v) is 2.23. The predicted molar refractivity (Wildman–Crippen MR) is 68.2 cm³/mol. The number of nitro groups is 1. The highest BCUT2D eigenvalue weighted by Gasteiger charge is 2.26. The van der Waals surface area contributed by atoms with Crippen LogP contribution in [0.4, 0.5) is 11.5 Å². The van der Waals surface area contributed by atoms with Crippen LogP contribution in [0.3, 0.4) is 0 Å². The fraction of sp³-hybridized carbons (Fsp3) is 0.500. The molecule has 0 aromatic carbocycles. The summed E-state index contributed by atoms with van der Waals surface area (Å²) in [4.78, 5) is 27.4. The van der Waals surface area contributed by atoms with Crippen LogP contribution in [0.1, 0.15) is 18.4 Å². The highest BCUT2D eigenvalue weighted by atomic mass is 16.6. The number of aliphatic carboxylic acids is 1. The van der Waals surface area contributed by atoms with E-state index in [0.29, 0.717) is 37.3 Å². The van der Waals surface area contributed by atoms with Crippen molar-refractivity contribution in [3.05, 3.63) is 27.9 Å².